The maximum absolute atomic E-state index is 12.0. The molecule has 1 heterocycles. The zero-order chi connectivity index (χ0) is 13.0. The lowest BCUT2D eigenvalue weighted by atomic mass is 10.1. The SMILES string of the molecule is O=C(CSc1ccccc1Cl)N1CCC(CO)C1. The van der Waals surface area contributed by atoms with E-state index in [2.05, 4.69) is 0 Å². The molecule has 1 aromatic carbocycles. The van der Waals surface area contributed by atoms with Crippen LogP contribution >= 0.6 is 23.4 Å². The summed E-state index contributed by atoms with van der Waals surface area (Å²) in [4.78, 5) is 14.7. The molecule has 0 aliphatic carbocycles. The Hall–Kier alpha value is -0.710. The van der Waals surface area contributed by atoms with Crippen LogP contribution in [0.5, 0.6) is 0 Å². The van der Waals surface area contributed by atoms with Gasteiger partial charge in [0.05, 0.1) is 10.8 Å². The highest BCUT2D eigenvalue weighted by Crippen LogP contribution is 2.27. The molecule has 0 saturated carbocycles. The van der Waals surface area contributed by atoms with Crippen molar-refractivity contribution in [3.63, 3.8) is 0 Å². The van der Waals surface area contributed by atoms with Crippen molar-refractivity contribution in [3.05, 3.63) is 29.3 Å². The molecular weight excluding hydrogens is 270 g/mol. The molecule has 18 heavy (non-hydrogen) atoms. The normalized spacial score (nSPS) is 19.2. The van der Waals surface area contributed by atoms with Crippen molar-refractivity contribution in [2.45, 2.75) is 11.3 Å². The van der Waals surface area contributed by atoms with Crippen LogP contribution in [0.15, 0.2) is 29.2 Å². The molecule has 0 radical (unpaired) electrons. The van der Waals surface area contributed by atoms with Gasteiger partial charge < -0.3 is 10.0 Å². The van der Waals surface area contributed by atoms with E-state index < -0.39 is 0 Å². The van der Waals surface area contributed by atoms with Gasteiger partial charge in [0.2, 0.25) is 5.91 Å². The molecule has 1 aliphatic heterocycles. The number of aliphatic hydroxyl groups is 1. The zero-order valence-electron chi connectivity index (χ0n) is 10.0. The third-order valence-electron chi connectivity index (χ3n) is 3.08. The molecule has 0 spiro atoms. The highest BCUT2D eigenvalue weighted by molar-refractivity contribution is 8.00. The minimum absolute atomic E-state index is 0.121. The molecule has 0 aromatic heterocycles. The van der Waals surface area contributed by atoms with Gasteiger partial charge in [-0.1, -0.05) is 23.7 Å². The van der Waals surface area contributed by atoms with Crippen LogP contribution in [-0.4, -0.2) is 41.4 Å². The number of carbonyl (C=O) groups is 1. The summed E-state index contributed by atoms with van der Waals surface area (Å²) in [6, 6.07) is 7.53. The van der Waals surface area contributed by atoms with Crippen LogP contribution < -0.4 is 0 Å². The second kappa shape index (κ2) is 6.45. The van der Waals surface area contributed by atoms with E-state index in [1.165, 1.54) is 11.8 Å². The Balaban J connectivity index is 1.84. The number of nitrogens with zero attached hydrogens (tertiary/aromatic N) is 1. The number of thioether (sulfide) groups is 1. The Kier molecular flexibility index (Phi) is 4.92. The van der Waals surface area contributed by atoms with Gasteiger partial charge in [0.1, 0.15) is 0 Å². The van der Waals surface area contributed by atoms with Gasteiger partial charge in [-0.3, -0.25) is 4.79 Å². The summed E-state index contributed by atoms with van der Waals surface area (Å²) in [5, 5.41) is 9.73. The summed E-state index contributed by atoms with van der Waals surface area (Å²) in [6.07, 6.45) is 0.902. The molecule has 5 heteroatoms. The summed E-state index contributed by atoms with van der Waals surface area (Å²) < 4.78 is 0. The van der Waals surface area contributed by atoms with E-state index >= 15 is 0 Å². The van der Waals surface area contributed by atoms with Gasteiger partial charge in [0, 0.05) is 30.5 Å². The van der Waals surface area contributed by atoms with E-state index in [0.717, 1.165) is 17.9 Å². The van der Waals surface area contributed by atoms with E-state index in [0.29, 0.717) is 17.3 Å². The average Bonchev–Trinajstić information content (AvgIpc) is 2.86. The quantitative estimate of drug-likeness (QED) is 0.863. The van der Waals surface area contributed by atoms with Crippen molar-refractivity contribution in [1.29, 1.82) is 0 Å². The molecule has 1 saturated heterocycles. The van der Waals surface area contributed by atoms with Crippen molar-refractivity contribution in [1.82, 2.24) is 4.90 Å². The predicted octanol–water partition coefficient (Wildman–Crippen LogP) is 2.27. The van der Waals surface area contributed by atoms with Gasteiger partial charge in [0.25, 0.3) is 0 Å². The fourth-order valence-corrected chi connectivity index (χ4v) is 3.14. The summed E-state index contributed by atoms with van der Waals surface area (Å²) >= 11 is 7.50. The first-order valence-electron chi connectivity index (χ1n) is 5.96. The third-order valence-corrected chi connectivity index (χ3v) is 4.58. The standard InChI is InChI=1S/C13H16ClNO2S/c14-11-3-1-2-4-12(11)18-9-13(17)15-6-5-10(7-15)8-16/h1-4,10,16H,5-9H2. The lowest BCUT2D eigenvalue weighted by molar-refractivity contribution is -0.127. The highest BCUT2D eigenvalue weighted by Gasteiger charge is 2.25. The van der Waals surface area contributed by atoms with Crippen molar-refractivity contribution in [2.24, 2.45) is 5.92 Å². The topological polar surface area (TPSA) is 40.5 Å². The second-order valence-corrected chi connectivity index (χ2v) is 5.82. The van der Waals surface area contributed by atoms with Crippen LogP contribution in [0.25, 0.3) is 0 Å². The molecule has 1 atom stereocenters. The largest absolute Gasteiger partial charge is 0.396 e. The van der Waals surface area contributed by atoms with E-state index in [1.54, 1.807) is 0 Å². The van der Waals surface area contributed by atoms with E-state index in [4.69, 9.17) is 16.7 Å². The summed E-state index contributed by atoms with van der Waals surface area (Å²) in [5.41, 5.74) is 0. The Morgan fingerprint density at radius 2 is 2.28 bits per heavy atom. The first kappa shape index (κ1) is 13.7. The monoisotopic (exact) mass is 285 g/mol. The van der Waals surface area contributed by atoms with Crippen LogP contribution in [0, 0.1) is 5.92 Å². The van der Waals surface area contributed by atoms with E-state index in [-0.39, 0.29) is 18.4 Å². The Morgan fingerprint density at radius 1 is 1.50 bits per heavy atom. The van der Waals surface area contributed by atoms with Gasteiger partial charge in [-0.25, -0.2) is 0 Å². The van der Waals surface area contributed by atoms with Crippen LogP contribution in [0.4, 0.5) is 0 Å². The Bertz CT molecular complexity index is 427. The molecule has 3 nitrogen and oxygen atoms in total. The van der Waals surface area contributed by atoms with E-state index in [9.17, 15) is 4.79 Å². The number of amides is 1. The number of carbonyl (C=O) groups excluding carboxylic acids is 1. The van der Waals surface area contributed by atoms with Crippen LogP contribution in [0.2, 0.25) is 5.02 Å². The molecule has 1 N–H and O–H groups in total. The zero-order valence-corrected chi connectivity index (χ0v) is 11.6. The van der Waals surface area contributed by atoms with Crippen molar-refractivity contribution < 1.29 is 9.90 Å². The Morgan fingerprint density at radius 3 is 2.94 bits per heavy atom. The molecule has 2 rings (SSSR count). The van der Waals surface area contributed by atoms with Crippen LogP contribution in [0.3, 0.4) is 0 Å². The van der Waals surface area contributed by atoms with Gasteiger partial charge in [-0.05, 0) is 18.6 Å². The van der Waals surface area contributed by atoms with Gasteiger partial charge >= 0.3 is 0 Å². The lowest BCUT2D eigenvalue weighted by Crippen LogP contribution is -2.30. The predicted molar refractivity (Wildman–Crippen MR) is 73.9 cm³/mol. The third kappa shape index (κ3) is 3.40. The lowest BCUT2D eigenvalue weighted by Gasteiger charge is -2.16. The number of halogens is 1. The van der Waals surface area contributed by atoms with Crippen LogP contribution in [-0.2, 0) is 4.79 Å². The first-order valence-corrected chi connectivity index (χ1v) is 7.33. The molecule has 1 amide bonds. The van der Waals surface area contributed by atoms with Gasteiger partial charge in [-0.15, -0.1) is 11.8 Å². The van der Waals surface area contributed by atoms with Crippen molar-refractivity contribution in [3.8, 4) is 0 Å². The van der Waals surface area contributed by atoms with Crippen molar-refractivity contribution >= 4 is 29.3 Å². The van der Waals surface area contributed by atoms with Crippen molar-refractivity contribution in [2.75, 3.05) is 25.4 Å². The minimum atomic E-state index is 0.121. The highest BCUT2D eigenvalue weighted by atomic mass is 35.5. The maximum Gasteiger partial charge on any atom is 0.232 e. The smallest absolute Gasteiger partial charge is 0.232 e. The molecule has 1 fully saturated rings. The number of aliphatic hydroxyl groups excluding tert-OH is 1. The molecular formula is C13H16ClNO2S. The minimum Gasteiger partial charge on any atom is -0.396 e. The number of hydrogen-bond donors (Lipinski definition) is 1. The summed E-state index contributed by atoms with van der Waals surface area (Å²) in [7, 11) is 0. The molecule has 1 unspecified atom stereocenters. The number of benzene rings is 1. The van der Waals surface area contributed by atoms with Crippen LogP contribution in [0.1, 0.15) is 6.42 Å². The molecule has 98 valence electrons. The van der Waals surface area contributed by atoms with Gasteiger partial charge in [-0.2, -0.15) is 0 Å². The Labute approximate surface area is 116 Å². The molecule has 1 aromatic rings. The fraction of sp³-hybridized carbons (Fsp3) is 0.462. The number of rotatable bonds is 4. The van der Waals surface area contributed by atoms with Gasteiger partial charge in [0.15, 0.2) is 0 Å². The molecule has 0 bridgehead atoms. The average molecular weight is 286 g/mol. The summed E-state index contributed by atoms with van der Waals surface area (Å²) in [5.74, 6) is 0.775. The van der Waals surface area contributed by atoms with E-state index in [1.807, 2.05) is 29.2 Å². The number of likely N-dealkylation sites (tertiary alicyclic amines) is 1. The summed E-state index contributed by atoms with van der Waals surface area (Å²) in [6.45, 7) is 1.60. The first-order chi connectivity index (χ1) is 8.70. The second-order valence-electron chi connectivity index (χ2n) is 4.40. The molecule has 1 aliphatic rings. The fourth-order valence-electron chi connectivity index (χ4n) is 2.00. The maximum atomic E-state index is 12.0. The number of hydrogen-bond acceptors (Lipinski definition) is 3.